The lowest BCUT2D eigenvalue weighted by Gasteiger charge is -2.05. The van der Waals surface area contributed by atoms with Gasteiger partial charge in [-0.05, 0) is 19.1 Å². The molecule has 0 fully saturated rings. The van der Waals surface area contributed by atoms with Gasteiger partial charge in [0.1, 0.15) is 5.82 Å². The number of pyridine rings is 1. The Bertz CT molecular complexity index is 389. The predicted molar refractivity (Wildman–Crippen MR) is 63.0 cm³/mol. The van der Waals surface area contributed by atoms with Crippen molar-refractivity contribution in [3.63, 3.8) is 0 Å². The molecular formula is C11H15N3O3. The molecule has 0 unspecified atom stereocenters. The van der Waals surface area contributed by atoms with Gasteiger partial charge in [-0.3, -0.25) is 9.59 Å². The minimum atomic E-state index is -0.864. The van der Waals surface area contributed by atoms with Crippen LogP contribution in [-0.4, -0.2) is 35.1 Å². The van der Waals surface area contributed by atoms with E-state index >= 15 is 0 Å². The van der Waals surface area contributed by atoms with Crippen LogP contribution in [0.2, 0.25) is 0 Å². The summed E-state index contributed by atoms with van der Waals surface area (Å²) in [6, 6.07) is 3.29. The number of aromatic nitrogens is 1. The number of hydrogen-bond acceptors (Lipinski definition) is 4. The number of aliphatic carboxylic acids is 1. The van der Waals surface area contributed by atoms with Crippen LogP contribution in [0.25, 0.3) is 0 Å². The number of hydrogen-bond donors (Lipinski definition) is 3. The maximum atomic E-state index is 11.4. The molecule has 0 atom stereocenters. The van der Waals surface area contributed by atoms with E-state index in [1.807, 2.05) is 6.92 Å². The summed E-state index contributed by atoms with van der Waals surface area (Å²) < 4.78 is 0. The standard InChI is InChI=1S/C11H15N3O3/c1-2-12-11(17)8-3-4-9(14-7-8)13-6-5-10(15)16/h3-4,7H,2,5-6H2,1H3,(H,12,17)(H,13,14)(H,15,16). The molecule has 0 spiro atoms. The molecule has 6 heteroatoms. The van der Waals surface area contributed by atoms with Gasteiger partial charge in [-0.25, -0.2) is 4.98 Å². The zero-order chi connectivity index (χ0) is 12.7. The number of carboxylic acid groups (broad SMARTS) is 1. The van der Waals surface area contributed by atoms with Gasteiger partial charge in [0.15, 0.2) is 0 Å². The molecule has 0 bridgehead atoms. The van der Waals surface area contributed by atoms with Crippen LogP contribution in [0.5, 0.6) is 0 Å². The first kappa shape index (κ1) is 13.0. The first-order valence-corrected chi connectivity index (χ1v) is 5.33. The predicted octanol–water partition coefficient (Wildman–Crippen LogP) is 0.718. The highest BCUT2D eigenvalue weighted by molar-refractivity contribution is 5.93. The van der Waals surface area contributed by atoms with Crippen molar-refractivity contribution in [1.29, 1.82) is 0 Å². The molecule has 0 aliphatic carbocycles. The highest BCUT2D eigenvalue weighted by atomic mass is 16.4. The van der Waals surface area contributed by atoms with E-state index < -0.39 is 5.97 Å². The Balaban J connectivity index is 2.50. The number of rotatable bonds is 6. The molecule has 1 rings (SSSR count). The second-order valence-corrected chi connectivity index (χ2v) is 3.36. The minimum absolute atomic E-state index is 0.0275. The SMILES string of the molecule is CCNC(=O)c1ccc(NCCC(=O)O)nc1. The van der Waals surface area contributed by atoms with E-state index in [1.165, 1.54) is 6.20 Å². The number of nitrogens with zero attached hydrogens (tertiary/aromatic N) is 1. The fraction of sp³-hybridized carbons (Fsp3) is 0.364. The van der Waals surface area contributed by atoms with Gasteiger partial charge < -0.3 is 15.7 Å². The van der Waals surface area contributed by atoms with Gasteiger partial charge in [0.25, 0.3) is 5.91 Å². The van der Waals surface area contributed by atoms with Crippen molar-refractivity contribution >= 4 is 17.7 Å². The van der Waals surface area contributed by atoms with Crippen LogP contribution in [0.15, 0.2) is 18.3 Å². The fourth-order valence-corrected chi connectivity index (χ4v) is 1.19. The van der Waals surface area contributed by atoms with Crippen LogP contribution in [0.3, 0.4) is 0 Å². The zero-order valence-electron chi connectivity index (χ0n) is 9.56. The van der Waals surface area contributed by atoms with Crippen molar-refractivity contribution in [3.8, 4) is 0 Å². The molecule has 0 radical (unpaired) electrons. The Labute approximate surface area is 99.1 Å². The Morgan fingerprint density at radius 1 is 1.41 bits per heavy atom. The van der Waals surface area contributed by atoms with Gasteiger partial charge in [0.2, 0.25) is 0 Å². The van der Waals surface area contributed by atoms with Crippen LogP contribution in [0.4, 0.5) is 5.82 Å². The summed E-state index contributed by atoms with van der Waals surface area (Å²) >= 11 is 0. The van der Waals surface area contributed by atoms with Crippen molar-refractivity contribution in [1.82, 2.24) is 10.3 Å². The quantitative estimate of drug-likeness (QED) is 0.678. The second-order valence-electron chi connectivity index (χ2n) is 3.36. The molecule has 6 nitrogen and oxygen atoms in total. The van der Waals surface area contributed by atoms with E-state index in [-0.39, 0.29) is 12.3 Å². The molecule has 17 heavy (non-hydrogen) atoms. The van der Waals surface area contributed by atoms with Gasteiger partial charge in [-0.15, -0.1) is 0 Å². The first-order chi connectivity index (χ1) is 8.13. The molecule has 3 N–H and O–H groups in total. The van der Waals surface area contributed by atoms with Crippen LogP contribution in [0.1, 0.15) is 23.7 Å². The summed E-state index contributed by atoms with van der Waals surface area (Å²) in [5, 5.41) is 14.0. The number of carboxylic acids is 1. The van der Waals surface area contributed by atoms with Crippen LogP contribution in [-0.2, 0) is 4.79 Å². The van der Waals surface area contributed by atoms with Crippen molar-refractivity contribution < 1.29 is 14.7 Å². The third-order valence-corrected chi connectivity index (χ3v) is 2.01. The largest absolute Gasteiger partial charge is 0.481 e. The molecule has 1 aromatic rings. The molecule has 1 heterocycles. The van der Waals surface area contributed by atoms with Gasteiger partial charge in [0.05, 0.1) is 12.0 Å². The maximum absolute atomic E-state index is 11.4. The Morgan fingerprint density at radius 2 is 2.18 bits per heavy atom. The molecule has 1 aromatic heterocycles. The summed E-state index contributed by atoms with van der Waals surface area (Å²) in [6.07, 6.45) is 1.48. The average Bonchev–Trinajstić information content (AvgIpc) is 2.30. The molecule has 0 aliphatic rings. The van der Waals surface area contributed by atoms with Gasteiger partial charge in [-0.1, -0.05) is 0 Å². The Kier molecular flexibility index (Phi) is 4.93. The third kappa shape index (κ3) is 4.50. The lowest BCUT2D eigenvalue weighted by molar-refractivity contribution is -0.136. The summed E-state index contributed by atoms with van der Waals surface area (Å²) in [5.74, 6) is -0.479. The summed E-state index contributed by atoms with van der Waals surface area (Å²) in [6.45, 7) is 2.72. The fourth-order valence-electron chi connectivity index (χ4n) is 1.19. The molecule has 92 valence electrons. The lowest BCUT2D eigenvalue weighted by atomic mass is 10.2. The third-order valence-electron chi connectivity index (χ3n) is 2.01. The first-order valence-electron chi connectivity index (χ1n) is 5.33. The van der Waals surface area contributed by atoms with Crippen LogP contribution in [0, 0.1) is 0 Å². The normalized spacial score (nSPS) is 9.71. The van der Waals surface area contributed by atoms with E-state index in [0.717, 1.165) is 0 Å². The lowest BCUT2D eigenvalue weighted by Crippen LogP contribution is -2.22. The van der Waals surface area contributed by atoms with Crippen molar-refractivity contribution in [2.75, 3.05) is 18.4 Å². The highest BCUT2D eigenvalue weighted by Gasteiger charge is 2.04. The van der Waals surface area contributed by atoms with Crippen molar-refractivity contribution in [3.05, 3.63) is 23.9 Å². The van der Waals surface area contributed by atoms with E-state index in [9.17, 15) is 9.59 Å². The highest BCUT2D eigenvalue weighted by Crippen LogP contribution is 2.04. The molecule has 0 saturated heterocycles. The minimum Gasteiger partial charge on any atom is -0.481 e. The topological polar surface area (TPSA) is 91.3 Å². The van der Waals surface area contributed by atoms with Crippen molar-refractivity contribution in [2.24, 2.45) is 0 Å². The second kappa shape index (κ2) is 6.47. The molecular weight excluding hydrogens is 222 g/mol. The molecule has 0 aliphatic heterocycles. The number of nitrogens with one attached hydrogen (secondary N) is 2. The molecule has 1 amide bonds. The van der Waals surface area contributed by atoms with Crippen molar-refractivity contribution in [2.45, 2.75) is 13.3 Å². The van der Waals surface area contributed by atoms with Gasteiger partial charge in [-0.2, -0.15) is 0 Å². The average molecular weight is 237 g/mol. The van der Waals surface area contributed by atoms with Gasteiger partial charge in [0, 0.05) is 19.3 Å². The summed E-state index contributed by atoms with van der Waals surface area (Å²) in [5.41, 5.74) is 0.482. The summed E-state index contributed by atoms with van der Waals surface area (Å²) in [7, 11) is 0. The Hall–Kier alpha value is -2.11. The van der Waals surface area contributed by atoms with E-state index in [0.29, 0.717) is 24.5 Å². The maximum Gasteiger partial charge on any atom is 0.305 e. The number of carbonyl (C=O) groups is 2. The van der Waals surface area contributed by atoms with E-state index in [4.69, 9.17) is 5.11 Å². The van der Waals surface area contributed by atoms with Crippen LogP contribution < -0.4 is 10.6 Å². The Morgan fingerprint density at radius 3 is 2.71 bits per heavy atom. The van der Waals surface area contributed by atoms with E-state index in [2.05, 4.69) is 15.6 Å². The smallest absolute Gasteiger partial charge is 0.305 e. The number of anilines is 1. The number of amides is 1. The summed E-state index contributed by atoms with van der Waals surface area (Å²) in [4.78, 5) is 25.7. The van der Waals surface area contributed by atoms with Crippen LogP contribution >= 0.6 is 0 Å². The zero-order valence-corrected chi connectivity index (χ0v) is 9.56. The molecule has 0 saturated carbocycles. The monoisotopic (exact) mass is 237 g/mol. The number of carbonyl (C=O) groups excluding carboxylic acids is 1. The van der Waals surface area contributed by atoms with E-state index in [1.54, 1.807) is 12.1 Å². The molecule has 0 aromatic carbocycles. The van der Waals surface area contributed by atoms with Gasteiger partial charge >= 0.3 is 5.97 Å².